The van der Waals surface area contributed by atoms with E-state index in [4.69, 9.17) is 4.74 Å². The van der Waals surface area contributed by atoms with E-state index >= 15 is 0 Å². The number of hydrogen-bond acceptors (Lipinski definition) is 5. The number of hydrogen-bond donors (Lipinski definition) is 1. The van der Waals surface area contributed by atoms with Crippen LogP contribution < -0.4 is 5.32 Å². The summed E-state index contributed by atoms with van der Waals surface area (Å²) in [5.41, 5.74) is 0.781. The third-order valence-electron chi connectivity index (χ3n) is 5.62. The van der Waals surface area contributed by atoms with Gasteiger partial charge in [0.05, 0.1) is 6.61 Å². The van der Waals surface area contributed by atoms with Crippen LogP contribution in [0.1, 0.15) is 30.3 Å². The maximum absolute atomic E-state index is 13.3. The lowest BCUT2D eigenvalue weighted by Crippen LogP contribution is -2.43. The summed E-state index contributed by atoms with van der Waals surface area (Å²) in [6.45, 7) is 2.11. The van der Waals surface area contributed by atoms with E-state index < -0.39 is 22.0 Å². The fourth-order valence-electron chi connectivity index (χ4n) is 4.06. The average molecular weight is 456 g/mol. The van der Waals surface area contributed by atoms with Crippen molar-refractivity contribution in [2.45, 2.75) is 30.7 Å². The van der Waals surface area contributed by atoms with Gasteiger partial charge < -0.3 is 14.6 Å². The van der Waals surface area contributed by atoms with E-state index in [2.05, 4.69) is 5.32 Å². The molecule has 1 fully saturated rings. The third-order valence-corrected chi connectivity index (χ3v) is 7.50. The molecule has 4 rings (SSSR count). The number of amides is 1. The Balaban J connectivity index is 1.59. The van der Waals surface area contributed by atoms with Crippen molar-refractivity contribution in [3.05, 3.63) is 60.4 Å². The highest BCUT2D eigenvalue weighted by molar-refractivity contribution is 7.89. The number of carbonyl (C=O) groups is 2. The van der Waals surface area contributed by atoms with Crippen molar-refractivity contribution in [3.63, 3.8) is 0 Å². The Kier molecular flexibility index (Phi) is 6.03. The van der Waals surface area contributed by atoms with Gasteiger partial charge in [0.1, 0.15) is 16.6 Å². The second kappa shape index (κ2) is 8.76. The number of anilines is 1. The molecule has 32 heavy (non-hydrogen) atoms. The number of aromatic nitrogens is 1. The van der Waals surface area contributed by atoms with E-state index in [9.17, 15) is 18.0 Å². The first-order valence-electron chi connectivity index (χ1n) is 10.5. The molecule has 1 atom stereocenters. The van der Waals surface area contributed by atoms with Gasteiger partial charge in [0.25, 0.3) is 0 Å². The van der Waals surface area contributed by atoms with Crippen LogP contribution in [-0.4, -0.2) is 48.4 Å². The molecule has 0 radical (unpaired) electrons. The van der Waals surface area contributed by atoms with Gasteiger partial charge in [0, 0.05) is 30.9 Å². The predicted octanol–water partition coefficient (Wildman–Crippen LogP) is 3.15. The summed E-state index contributed by atoms with van der Waals surface area (Å²) in [6, 6.07) is 13.7. The lowest BCUT2D eigenvalue weighted by molar-refractivity contribution is -0.119. The molecule has 0 saturated carbocycles. The minimum atomic E-state index is -3.97. The molecule has 0 aliphatic carbocycles. The molecule has 1 saturated heterocycles. The molecule has 8 nitrogen and oxygen atoms in total. The summed E-state index contributed by atoms with van der Waals surface area (Å²) in [4.78, 5) is 25.2. The number of nitrogens with one attached hydrogen (secondary N) is 1. The maximum atomic E-state index is 13.3. The molecule has 2 aromatic carbocycles. The summed E-state index contributed by atoms with van der Waals surface area (Å²) in [6.07, 6.45) is 2.37. The Labute approximate surface area is 186 Å². The molecule has 1 aliphatic rings. The van der Waals surface area contributed by atoms with Crippen molar-refractivity contribution in [1.82, 2.24) is 8.87 Å². The molecule has 0 unspecified atom stereocenters. The lowest BCUT2D eigenvalue weighted by atomic mass is 10.1. The topological polar surface area (TPSA) is 97.7 Å². The van der Waals surface area contributed by atoms with Crippen LogP contribution in [0.5, 0.6) is 0 Å². The van der Waals surface area contributed by atoms with Crippen LogP contribution >= 0.6 is 0 Å². The minimum Gasteiger partial charge on any atom is -0.461 e. The summed E-state index contributed by atoms with van der Waals surface area (Å²) < 4.78 is 34.3. The minimum absolute atomic E-state index is 0.0343. The Bertz CT molecular complexity index is 1280. The summed E-state index contributed by atoms with van der Waals surface area (Å²) >= 11 is 0. The van der Waals surface area contributed by atoms with Gasteiger partial charge >= 0.3 is 5.97 Å². The van der Waals surface area contributed by atoms with Crippen molar-refractivity contribution < 1.29 is 22.7 Å². The fraction of sp³-hybridized carbons (Fsp3) is 0.304. The van der Waals surface area contributed by atoms with E-state index in [1.807, 2.05) is 36.4 Å². The van der Waals surface area contributed by atoms with Gasteiger partial charge in [-0.15, -0.1) is 0 Å². The average Bonchev–Trinajstić information content (AvgIpc) is 3.42. The Morgan fingerprint density at radius 1 is 1.16 bits per heavy atom. The zero-order valence-corrected chi connectivity index (χ0v) is 18.8. The highest BCUT2D eigenvalue weighted by Crippen LogP contribution is 2.29. The zero-order valence-electron chi connectivity index (χ0n) is 17.9. The van der Waals surface area contributed by atoms with Crippen LogP contribution in [0.25, 0.3) is 10.8 Å². The quantitative estimate of drug-likeness (QED) is 0.576. The van der Waals surface area contributed by atoms with Gasteiger partial charge in [0.15, 0.2) is 0 Å². The largest absolute Gasteiger partial charge is 0.461 e. The second-order valence-corrected chi connectivity index (χ2v) is 9.57. The molecule has 2 heterocycles. The number of aryl methyl sites for hydroxylation is 1. The number of esters is 1. The van der Waals surface area contributed by atoms with E-state index in [1.165, 1.54) is 21.1 Å². The highest BCUT2D eigenvalue weighted by atomic mass is 32.2. The predicted molar refractivity (Wildman–Crippen MR) is 121 cm³/mol. The van der Waals surface area contributed by atoms with Gasteiger partial charge in [-0.1, -0.05) is 36.4 Å². The number of ether oxygens (including phenoxy) is 1. The molecular weight excluding hydrogens is 430 g/mol. The molecule has 0 spiro atoms. The standard InChI is InChI=1S/C23H25N3O5S/c1-3-31-23(28)21-14-17(15-25(21)2)32(29,30)26-13-7-12-20(26)22(27)24-19-11-6-9-16-8-4-5-10-18(16)19/h4-6,8-11,14-15,20H,3,7,12-13H2,1-2H3,(H,24,27)/t20-/m0/s1. The van der Waals surface area contributed by atoms with Crippen LogP contribution in [0.4, 0.5) is 5.69 Å². The maximum Gasteiger partial charge on any atom is 0.354 e. The smallest absolute Gasteiger partial charge is 0.354 e. The van der Waals surface area contributed by atoms with Gasteiger partial charge in [-0.25, -0.2) is 13.2 Å². The molecule has 1 aliphatic heterocycles. The number of rotatable bonds is 6. The van der Waals surface area contributed by atoms with Crippen LogP contribution in [0.2, 0.25) is 0 Å². The molecule has 3 aromatic rings. The molecule has 0 bridgehead atoms. The third kappa shape index (κ3) is 4.01. The first-order chi connectivity index (χ1) is 15.3. The van der Waals surface area contributed by atoms with Crippen molar-refractivity contribution in [1.29, 1.82) is 0 Å². The molecule has 1 aromatic heterocycles. The van der Waals surface area contributed by atoms with E-state index in [0.717, 1.165) is 10.8 Å². The molecular formula is C23H25N3O5S. The Morgan fingerprint density at radius 2 is 1.91 bits per heavy atom. The van der Waals surface area contributed by atoms with Crippen molar-refractivity contribution >= 4 is 38.4 Å². The molecule has 168 valence electrons. The SMILES string of the molecule is CCOC(=O)c1cc(S(=O)(=O)N2CCC[C@H]2C(=O)Nc2cccc3ccccc23)cn1C. The normalized spacial score (nSPS) is 16.9. The number of fused-ring (bicyclic) bond motifs is 1. The van der Waals surface area contributed by atoms with Crippen LogP contribution in [0.3, 0.4) is 0 Å². The Hall–Kier alpha value is -3.17. The van der Waals surface area contributed by atoms with Crippen molar-refractivity contribution in [3.8, 4) is 0 Å². The number of carbonyl (C=O) groups excluding carboxylic acids is 2. The molecule has 1 amide bonds. The first-order valence-corrected chi connectivity index (χ1v) is 11.9. The zero-order chi connectivity index (χ0) is 22.9. The monoisotopic (exact) mass is 455 g/mol. The summed E-state index contributed by atoms with van der Waals surface area (Å²) in [7, 11) is -2.39. The number of benzene rings is 2. The van der Waals surface area contributed by atoms with Crippen LogP contribution in [0.15, 0.2) is 59.6 Å². The van der Waals surface area contributed by atoms with Gasteiger partial charge in [-0.2, -0.15) is 4.31 Å². The number of nitrogens with zero attached hydrogens (tertiary/aromatic N) is 2. The van der Waals surface area contributed by atoms with Crippen molar-refractivity contribution in [2.75, 3.05) is 18.5 Å². The van der Waals surface area contributed by atoms with Crippen LogP contribution in [-0.2, 0) is 26.6 Å². The van der Waals surface area contributed by atoms with Gasteiger partial charge in [0.2, 0.25) is 15.9 Å². The number of sulfonamides is 1. The van der Waals surface area contributed by atoms with E-state index in [0.29, 0.717) is 18.5 Å². The first kappa shape index (κ1) is 22.0. The van der Waals surface area contributed by atoms with E-state index in [1.54, 1.807) is 20.0 Å². The molecule has 9 heteroatoms. The summed E-state index contributed by atoms with van der Waals surface area (Å²) in [5, 5.41) is 4.78. The highest BCUT2D eigenvalue weighted by Gasteiger charge is 2.40. The summed E-state index contributed by atoms with van der Waals surface area (Å²) in [5.74, 6) is -0.966. The molecule has 1 N–H and O–H groups in total. The fourth-order valence-corrected chi connectivity index (χ4v) is 5.79. The lowest BCUT2D eigenvalue weighted by Gasteiger charge is -2.23. The van der Waals surface area contributed by atoms with Gasteiger partial charge in [-0.3, -0.25) is 4.79 Å². The Morgan fingerprint density at radius 3 is 2.69 bits per heavy atom. The van der Waals surface area contributed by atoms with E-state index in [-0.39, 0.29) is 29.6 Å². The second-order valence-electron chi connectivity index (χ2n) is 7.68. The van der Waals surface area contributed by atoms with Gasteiger partial charge in [-0.05, 0) is 37.3 Å². The van der Waals surface area contributed by atoms with Crippen LogP contribution in [0, 0.1) is 0 Å². The van der Waals surface area contributed by atoms with Crippen molar-refractivity contribution in [2.24, 2.45) is 7.05 Å².